The predicted molar refractivity (Wildman–Crippen MR) is 73.7 cm³/mol. The average molecular weight is 224 g/mol. The topological polar surface area (TPSA) is 0 Å². The molecule has 0 heterocycles. The van der Waals surface area contributed by atoms with E-state index in [0.29, 0.717) is 0 Å². The van der Waals surface area contributed by atoms with Crippen molar-refractivity contribution in [2.45, 2.75) is 90.9 Å². The Labute approximate surface area is 103 Å². The van der Waals surface area contributed by atoms with Gasteiger partial charge in [0.15, 0.2) is 0 Å². The van der Waals surface area contributed by atoms with Crippen LogP contribution in [0.2, 0.25) is 0 Å². The van der Waals surface area contributed by atoms with Gasteiger partial charge in [-0.3, -0.25) is 0 Å². The Morgan fingerprint density at radius 3 is 1.88 bits per heavy atom. The van der Waals surface area contributed by atoms with Crippen LogP contribution in [-0.2, 0) is 0 Å². The zero-order valence-corrected chi connectivity index (χ0v) is 11.6. The lowest BCUT2D eigenvalue weighted by molar-refractivity contribution is 0.341. The maximum absolute atomic E-state index is 2.35. The molecule has 1 fully saturated rings. The van der Waals surface area contributed by atoms with Gasteiger partial charge < -0.3 is 0 Å². The monoisotopic (exact) mass is 224 g/mol. The van der Waals surface area contributed by atoms with Crippen LogP contribution in [0.4, 0.5) is 0 Å². The van der Waals surface area contributed by atoms with Crippen LogP contribution < -0.4 is 0 Å². The Balaban J connectivity index is 2.31. The molecule has 0 aromatic rings. The molecular weight excluding hydrogens is 192 g/mol. The zero-order chi connectivity index (χ0) is 11.6. The standard InChI is InChI=1S/C16H32/c1-3-5-10-16-12-8-6-7-11-15(9-4-2)13-14-16/h15-16H,3-14H2,1-2H3. The van der Waals surface area contributed by atoms with Crippen LogP contribution in [0.15, 0.2) is 0 Å². The fourth-order valence-corrected chi connectivity index (χ4v) is 3.28. The van der Waals surface area contributed by atoms with Gasteiger partial charge in [0.2, 0.25) is 0 Å². The molecule has 1 saturated carbocycles. The summed E-state index contributed by atoms with van der Waals surface area (Å²) in [4.78, 5) is 0. The summed E-state index contributed by atoms with van der Waals surface area (Å²) in [7, 11) is 0. The molecule has 0 nitrogen and oxygen atoms in total. The van der Waals surface area contributed by atoms with E-state index in [-0.39, 0.29) is 0 Å². The third-order valence-electron chi connectivity index (χ3n) is 4.37. The van der Waals surface area contributed by atoms with Gasteiger partial charge in [-0.2, -0.15) is 0 Å². The molecule has 0 aromatic heterocycles. The lowest BCUT2D eigenvalue weighted by atomic mass is 9.87. The third kappa shape index (κ3) is 5.92. The zero-order valence-electron chi connectivity index (χ0n) is 11.6. The van der Waals surface area contributed by atoms with Crippen LogP contribution in [0.1, 0.15) is 90.9 Å². The van der Waals surface area contributed by atoms with Crippen molar-refractivity contribution in [2.24, 2.45) is 11.8 Å². The van der Waals surface area contributed by atoms with Crippen molar-refractivity contribution < 1.29 is 0 Å². The highest BCUT2D eigenvalue weighted by Gasteiger charge is 2.15. The van der Waals surface area contributed by atoms with Gasteiger partial charge in [-0.1, -0.05) is 90.9 Å². The first-order valence-corrected chi connectivity index (χ1v) is 7.86. The molecule has 0 spiro atoms. The van der Waals surface area contributed by atoms with E-state index in [1.807, 2.05) is 0 Å². The van der Waals surface area contributed by atoms with Crippen molar-refractivity contribution in [2.75, 3.05) is 0 Å². The van der Waals surface area contributed by atoms with E-state index < -0.39 is 0 Å². The Morgan fingerprint density at radius 2 is 1.31 bits per heavy atom. The maximum atomic E-state index is 2.35. The van der Waals surface area contributed by atoms with Crippen molar-refractivity contribution in [1.82, 2.24) is 0 Å². The molecule has 1 aliphatic rings. The summed E-state index contributed by atoms with van der Waals surface area (Å²) in [6.45, 7) is 4.68. The smallest absolute Gasteiger partial charge is 0.0414 e. The Bertz CT molecular complexity index is 150. The average Bonchev–Trinajstić information content (AvgIpc) is 2.40. The fourth-order valence-electron chi connectivity index (χ4n) is 3.28. The van der Waals surface area contributed by atoms with E-state index >= 15 is 0 Å². The van der Waals surface area contributed by atoms with Crippen molar-refractivity contribution >= 4 is 0 Å². The highest BCUT2D eigenvalue weighted by atomic mass is 14.2. The van der Waals surface area contributed by atoms with Crippen molar-refractivity contribution in [3.8, 4) is 0 Å². The molecule has 1 rings (SSSR count). The van der Waals surface area contributed by atoms with Gasteiger partial charge in [-0.05, 0) is 11.8 Å². The molecule has 2 atom stereocenters. The van der Waals surface area contributed by atoms with Gasteiger partial charge in [-0.15, -0.1) is 0 Å². The maximum Gasteiger partial charge on any atom is -0.0414 e. The minimum absolute atomic E-state index is 1.06. The molecule has 96 valence electrons. The molecule has 0 amide bonds. The van der Waals surface area contributed by atoms with E-state index in [2.05, 4.69) is 13.8 Å². The molecule has 0 radical (unpaired) electrons. The molecule has 0 bridgehead atoms. The molecule has 2 unspecified atom stereocenters. The lowest BCUT2D eigenvalue weighted by Crippen LogP contribution is -2.04. The molecular formula is C16H32. The van der Waals surface area contributed by atoms with E-state index in [1.54, 1.807) is 0 Å². The summed E-state index contributed by atoms with van der Waals surface area (Å²) in [5.41, 5.74) is 0. The van der Waals surface area contributed by atoms with Gasteiger partial charge >= 0.3 is 0 Å². The first-order chi connectivity index (χ1) is 7.86. The third-order valence-corrected chi connectivity index (χ3v) is 4.37. The second-order valence-corrected chi connectivity index (χ2v) is 5.88. The summed E-state index contributed by atoms with van der Waals surface area (Å²) in [5, 5.41) is 0. The first kappa shape index (κ1) is 14.1. The molecule has 0 heteroatoms. The predicted octanol–water partition coefficient (Wildman–Crippen LogP) is 5.95. The first-order valence-electron chi connectivity index (χ1n) is 7.86. The Morgan fingerprint density at radius 1 is 0.688 bits per heavy atom. The SMILES string of the molecule is CCCCC1CCCCCC(CCC)CC1. The molecule has 1 aliphatic carbocycles. The minimum Gasteiger partial charge on any atom is -0.0654 e. The Kier molecular flexibility index (Phi) is 7.98. The summed E-state index contributed by atoms with van der Waals surface area (Å²) < 4.78 is 0. The van der Waals surface area contributed by atoms with Crippen LogP contribution in [-0.4, -0.2) is 0 Å². The largest absolute Gasteiger partial charge is 0.0654 e. The van der Waals surface area contributed by atoms with Gasteiger partial charge in [-0.25, -0.2) is 0 Å². The van der Waals surface area contributed by atoms with Crippen LogP contribution >= 0.6 is 0 Å². The van der Waals surface area contributed by atoms with Gasteiger partial charge in [0.05, 0.1) is 0 Å². The summed E-state index contributed by atoms with van der Waals surface area (Å²) in [5.74, 6) is 2.13. The van der Waals surface area contributed by atoms with E-state index in [9.17, 15) is 0 Å². The van der Waals surface area contributed by atoms with Gasteiger partial charge in [0, 0.05) is 0 Å². The summed E-state index contributed by atoms with van der Waals surface area (Å²) in [6.07, 6.45) is 17.9. The van der Waals surface area contributed by atoms with Crippen molar-refractivity contribution in [1.29, 1.82) is 0 Å². The summed E-state index contributed by atoms with van der Waals surface area (Å²) >= 11 is 0. The molecule has 0 N–H and O–H groups in total. The highest BCUT2D eigenvalue weighted by molar-refractivity contribution is 4.68. The fraction of sp³-hybridized carbons (Fsp3) is 1.00. The number of rotatable bonds is 5. The quantitative estimate of drug-likeness (QED) is 0.541. The number of unbranched alkanes of at least 4 members (excludes halogenated alkanes) is 1. The van der Waals surface area contributed by atoms with Crippen LogP contribution in [0.3, 0.4) is 0 Å². The Hall–Kier alpha value is 0. The van der Waals surface area contributed by atoms with Crippen LogP contribution in [0, 0.1) is 11.8 Å². The van der Waals surface area contributed by atoms with Crippen LogP contribution in [0.5, 0.6) is 0 Å². The highest BCUT2D eigenvalue weighted by Crippen LogP contribution is 2.30. The summed E-state index contributed by atoms with van der Waals surface area (Å²) in [6, 6.07) is 0. The second kappa shape index (κ2) is 9.07. The van der Waals surface area contributed by atoms with E-state index in [0.717, 1.165) is 11.8 Å². The van der Waals surface area contributed by atoms with Gasteiger partial charge in [0.1, 0.15) is 0 Å². The molecule has 0 aromatic carbocycles. The minimum atomic E-state index is 1.06. The van der Waals surface area contributed by atoms with Gasteiger partial charge in [0.25, 0.3) is 0 Å². The molecule has 0 aliphatic heterocycles. The normalized spacial score (nSPS) is 28.1. The van der Waals surface area contributed by atoms with E-state index in [4.69, 9.17) is 0 Å². The second-order valence-electron chi connectivity index (χ2n) is 5.88. The molecule has 0 saturated heterocycles. The van der Waals surface area contributed by atoms with E-state index in [1.165, 1.54) is 77.0 Å². The lowest BCUT2D eigenvalue weighted by Gasteiger charge is -2.18. The molecule has 16 heavy (non-hydrogen) atoms. The van der Waals surface area contributed by atoms with Crippen molar-refractivity contribution in [3.63, 3.8) is 0 Å². The number of hydrogen-bond acceptors (Lipinski definition) is 0. The number of hydrogen-bond donors (Lipinski definition) is 0. The van der Waals surface area contributed by atoms with Crippen LogP contribution in [0.25, 0.3) is 0 Å². The van der Waals surface area contributed by atoms with Crippen molar-refractivity contribution in [3.05, 3.63) is 0 Å².